The molecular formula is C29H35ClN6O4. The number of ether oxygens (including phenoxy) is 2. The molecule has 2 saturated heterocycles. The second-order valence-electron chi connectivity index (χ2n) is 11.9. The van der Waals surface area contributed by atoms with Gasteiger partial charge in [0.1, 0.15) is 11.4 Å². The SMILES string of the molecule is [C-]#[N+]c1ccc(OC2CCC(NC(=O)c3cnc(N4C[C@H]5CN(C(=O)OC(C)(C)C)C[C@H]5C4)nc3)CC2)cc1Cl. The zero-order valence-electron chi connectivity index (χ0n) is 23.1. The molecule has 40 heavy (non-hydrogen) atoms. The summed E-state index contributed by atoms with van der Waals surface area (Å²) in [5, 5.41) is 3.49. The number of carbonyl (C=O) groups is 2. The summed E-state index contributed by atoms with van der Waals surface area (Å²) in [6.45, 7) is 15.6. The molecular weight excluding hydrogens is 532 g/mol. The van der Waals surface area contributed by atoms with Crippen molar-refractivity contribution in [1.29, 1.82) is 0 Å². The number of aromatic nitrogens is 2. The summed E-state index contributed by atoms with van der Waals surface area (Å²) in [4.78, 5) is 41.5. The number of nitrogens with zero attached hydrogens (tertiary/aromatic N) is 5. The Morgan fingerprint density at radius 1 is 1.05 bits per heavy atom. The highest BCUT2D eigenvalue weighted by molar-refractivity contribution is 6.33. The Morgan fingerprint density at radius 2 is 1.70 bits per heavy atom. The Morgan fingerprint density at radius 3 is 2.27 bits per heavy atom. The zero-order chi connectivity index (χ0) is 28.4. The lowest BCUT2D eigenvalue weighted by atomic mass is 9.92. The van der Waals surface area contributed by atoms with Gasteiger partial charge in [-0.1, -0.05) is 17.7 Å². The van der Waals surface area contributed by atoms with Crippen LogP contribution in [-0.4, -0.2) is 70.8 Å². The number of carbonyl (C=O) groups excluding carboxylic acids is 2. The summed E-state index contributed by atoms with van der Waals surface area (Å²) in [5.41, 5.74) is 0.346. The van der Waals surface area contributed by atoms with Crippen LogP contribution in [0.25, 0.3) is 4.85 Å². The number of rotatable bonds is 5. The summed E-state index contributed by atoms with van der Waals surface area (Å²) >= 11 is 6.12. The molecule has 3 fully saturated rings. The van der Waals surface area contributed by atoms with Crippen molar-refractivity contribution in [2.24, 2.45) is 11.8 Å². The second-order valence-corrected chi connectivity index (χ2v) is 12.3. The van der Waals surface area contributed by atoms with Gasteiger partial charge >= 0.3 is 6.09 Å². The highest BCUT2D eigenvalue weighted by Crippen LogP contribution is 2.34. The van der Waals surface area contributed by atoms with E-state index in [1.165, 1.54) is 0 Å². The van der Waals surface area contributed by atoms with E-state index in [0.717, 1.165) is 38.8 Å². The van der Waals surface area contributed by atoms with E-state index < -0.39 is 5.60 Å². The van der Waals surface area contributed by atoms with Gasteiger partial charge in [-0.15, -0.1) is 0 Å². The minimum Gasteiger partial charge on any atom is -0.490 e. The van der Waals surface area contributed by atoms with Gasteiger partial charge in [-0.05, 0) is 58.6 Å². The third-order valence-electron chi connectivity index (χ3n) is 7.67. The summed E-state index contributed by atoms with van der Waals surface area (Å²) in [6, 6.07) is 5.18. The van der Waals surface area contributed by atoms with Gasteiger partial charge in [0.15, 0.2) is 0 Å². The maximum absolute atomic E-state index is 12.9. The molecule has 0 spiro atoms. The highest BCUT2D eigenvalue weighted by Gasteiger charge is 2.43. The van der Waals surface area contributed by atoms with E-state index in [1.54, 1.807) is 35.5 Å². The average molecular weight is 567 g/mol. The maximum atomic E-state index is 12.9. The van der Waals surface area contributed by atoms with Crippen LogP contribution in [0.15, 0.2) is 30.6 Å². The Kier molecular flexibility index (Phi) is 8.04. The Hall–Kier alpha value is -3.58. The first-order valence-corrected chi connectivity index (χ1v) is 14.1. The standard InChI is InChI=1S/C29H35ClN6O4/c1-29(2,3)40-28(38)36-16-19-14-35(15-20(19)17-36)27-32-12-18(13-33-27)26(37)34-21-5-7-22(8-6-21)39-23-9-10-25(31-4)24(30)11-23/h9-13,19-22H,5-8,14-17H2,1-3H3,(H,34,37)/t19-,20+,21?,22?. The summed E-state index contributed by atoms with van der Waals surface area (Å²) in [5.74, 6) is 1.80. The van der Waals surface area contributed by atoms with E-state index in [1.807, 2.05) is 20.8 Å². The highest BCUT2D eigenvalue weighted by atomic mass is 35.5. The van der Waals surface area contributed by atoms with E-state index >= 15 is 0 Å². The van der Waals surface area contributed by atoms with Crippen LogP contribution in [0.1, 0.15) is 56.8 Å². The molecule has 3 aliphatic rings. The minimum absolute atomic E-state index is 0.0433. The molecule has 11 heteroatoms. The van der Waals surface area contributed by atoms with Crippen molar-refractivity contribution < 1.29 is 19.1 Å². The van der Waals surface area contributed by atoms with Gasteiger partial charge in [-0.3, -0.25) is 4.79 Å². The zero-order valence-corrected chi connectivity index (χ0v) is 23.9. The molecule has 1 N–H and O–H groups in total. The number of nitrogens with one attached hydrogen (secondary N) is 1. The Labute approximate surface area is 239 Å². The first-order chi connectivity index (χ1) is 19.1. The fourth-order valence-electron chi connectivity index (χ4n) is 5.67. The van der Waals surface area contributed by atoms with Crippen LogP contribution in [0.5, 0.6) is 5.75 Å². The molecule has 3 heterocycles. The number of fused-ring (bicyclic) bond motifs is 1. The van der Waals surface area contributed by atoms with Gasteiger partial charge in [0, 0.05) is 56.5 Å². The molecule has 5 rings (SSSR count). The number of hydrogen-bond acceptors (Lipinski definition) is 7. The molecule has 2 amide bonds. The van der Waals surface area contributed by atoms with Crippen LogP contribution in [0.4, 0.5) is 16.4 Å². The van der Waals surface area contributed by atoms with Gasteiger partial charge in [0.05, 0.1) is 23.3 Å². The molecule has 2 aliphatic heterocycles. The number of anilines is 1. The topological polar surface area (TPSA) is 101 Å². The average Bonchev–Trinajstić information content (AvgIpc) is 3.49. The number of benzene rings is 1. The number of halogens is 1. The fourth-order valence-corrected chi connectivity index (χ4v) is 5.88. The Bertz CT molecular complexity index is 1270. The molecule has 1 aromatic heterocycles. The van der Waals surface area contributed by atoms with Crippen molar-refractivity contribution in [3.05, 3.63) is 52.6 Å². The molecule has 0 radical (unpaired) electrons. The van der Waals surface area contributed by atoms with Crippen molar-refractivity contribution in [2.45, 2.75) is 64.2 Å². The molecule has 1 saturated carbocycles. The molecule has 0 unspecified atom stereocenters. The van der Waals surface area contributed by atoms with Crippen LogP contribution in [0.2, 0.25) is 5.02 Å². The second kappa shape index (κ2) is 11.5. The molecule has 1 aromatic carbocycles. The lowest BCUT2D eigenvalue weighted by Gasteiger charge is -2.29. The first-order valence-electron chi connectivity index (χ1n) is 13.8. The van der Waals surface area contributed by atoms with Crippen LogP contribution in [-0.2, 0) is 4.74 Å². The lowest BCUT2D eigenvalue weighted by Crippen LogP contribution is -2.39. The Balaban J connectivity index is 1.06. The number of amides is 2. The van der Waals surface area contributed by atoms with Gasteiger partial charge in [0.25, 0.3) is 5.91 Å². The van der Waals surface area contributed by atoms with Crippen molar-refractivity contribution in [3.8, 4) is 5.75 Å². The molecule has 2 aromatic rings. The van der Waals surface area contributed by atoms with E-state index in [2.05, 4.69) is 25.0 Å². The predicted octanol–water partition coefficient (Wildman–Crippen LogP) is 5.10. The third-order valence-corrected chi connectivity index (χ3v) is 7.98. The molecule has 10 nitrogen and oxygen atoms in total. The molecule has 1 aliphatic carbocycles. The largest absolute Gasteiger partial charge is 0.490 e. The number of likely N-dealkylation sites (tertiary alicyclic amines) is 1. The van der Waals surface area contributed by atoms with Crippen LogP contribution >= 0.6 is 11.6 Å². The van der Waals surface area contributed by atoms with Gasteiger partial charge < -0.3 is 24.6 Å². The third kappa shape index (κ3) is 6.58. The predicted molar refractivity (Wildman–Crippen MR) is 151 cm³/mol. The van der Waals surface area contributed by atoms with Gasteiger partial charge in [-0.2, -0.15) is 0 Å². The smallest absolute Gasteiger partial charge is 0.410 e. The van der Waals surface area contributed by atoms with Gasteiger partial charge in [-0.25, -0.2) is 19.6 Å². The summed E-state index contributed by atoms with van der Waals surface area (Å²) < 4.78 is 11.6. The van der Waals surface area contributed by atoms with Crippen molar-refractivity contribution in [3.63, 3.8) is 0 Å². The van der Waals surface area contributed by atoms with E-state index in [0.29, 0.717) is 52.9 Å². The van der Waals surface area contributed by atoms with Crippen LogP contribution in [0.3, 0.4) is 0 Å². The first kappa shape index (κ1) is 28.0. The molecule has 2 atom stereocenters. The normalized spacial score (nSPS) is 24.3. The maximum Gasteiger partial charge on any atom is 0.410 e. The van der Waals surface area contributed by atoms with Crippen molar-refractivity contribution in [2.75, 3.05) is 31.1 Å². The van der Waals surface area contributed by atoms with Crippen molar-refractivity contribution in [1.82, 2.24) is 20.2 Å². The van der Waals surface area contributed by atoms with E-state index in [4.69, 9.17) is 27.6 Å². The molecule has 0 bridgehead atoms. The minimum atomic E-state index is -0.500. The quantitative estimate of drug-likeness (QED) is 0.502. The van der Waals surface area contributed by atoms with Crippen molar-refractivity contribution >= 4 is 35.2 Å². The van der Waals surface area contributed by atoms with E-state index in [-0.39, 0.29) is 24.1 Å². The summed E-state index contributed by atoms with van der Waals surface area (Å²) in [6.07, 6.45) is 6.20. The van der Waals surface area contributed by atoms with Gasteiger partial charge in [0.2, 0.25) is 11.6 Å². The number of hydrogen-bond donors (Lipinski definition) is 1. The monoisotopic (exact) mass is 566 g/mol. The lowest BCUT2D eigenvalue weighted by molar-refractivity contribution is 0.0282. The van der Waals surface area contributed by atoms with E-state index in [9.17, 15) is 9.59 Å². The fraction of sp³-hybridized carbons (Fsp3) is 0.552. The summed E-state index contributed by atoms with van der Waals surface area (Å²) in [7, 11) is 0. The van der Waals surface area contributed by atoms with Crippen LogP contribution in [0, 0.1) is 18.4 Å². The van der Waals surface area contributed by atoms with Crippen LogP contribution < -0.4 is 15.0 Å². The molecule has 212 valence electrons.